The van der Waals surface area contributed by atoms with Crippen LogP contribution in [0.1, 0.15) is 0 Å². The van der Waals surface area contributed by atoms with Crippen molar-refractivity contribution in [3.8, 4) is 0 Å². The lowest BCUT2D eigenvalue weighted by Crippen LogP contribution is -2.25. The molecule has 4 heteroatoms. The molecule has 1 rings (SSSR count). The highest BCUT2D eigenvalue weighted by Gasteiger charge is 2.14. The molecule has 0 aromatic heterocycles. The third kappa shape index (κ3) is 1.07. The van der Waals surface area contributed by atoms with Gasteiger partial charge in [0.1, 0.15) is 6.23 Å². The van der Waals surface area contributed by atoms with Crippen molar-refractivity contribution < 1.29 is 5.11 Å². The first-order valence-electron chi connectivity index (χ1n) is 1.95. The SMILES string of the molecule is N=C1NC(O)CS1. The molecule has 7 heavy (non-hydrogen) atoms. The molecule has 1 unspecified atom stereocenters. The van der Waals surface area contributed by atoms with Crippen molar-refractivity contribution in [2.24, 2.45) is 0 Å². The van der Waals surface area contributed by atoms with E-state index in [0.717, 1.165) is 0 Å². The highest BCUT2D eigenvalue weighted by Crippen LogP contribution is 2.08. The number of aliphatic hydroxyl groups is 1. The Morgan fingerprint density at radius 3 is 2.86 bits per heavy atom. The second-order valence-electron chi connectivity index (χ2n) is 1.30. The number of hydrogen-bond donors (Lipinski definition) is 3. The van der Waals surface area contributed by atoms with Crippen LogP contribution in [0.4, 0.5) is 0 Å². The van der Waals surface area contributed by atoms with Crippen LogP contribution >= 0.6 is 11.8 Å². The molecule has 1 fully saturated rings. The number of rotatable bonds is 0. The largest absolute Gasteiger partial charge is 0.373 e. The maximum Gasteiger partial charge on any atom is 0.155 e. The molecule has 3 N–H and O–H groups in total. The zero-order valence-corrected chi connectivity index (χ0v) is 4.46. The maximum absolute atomic E-state index is 8.63. The predicted octanol–water partition coefficient (Wildman–Crippen LogP) is -0.424. The predicted molar refractivity (Wildman–Crippen MR) is 29.3 cm³/mol. The maximum atomic E-state index is 8.63. The molecule has 0 bridgehead atoms. The Hall–Kier alpha value is -0.220. The summed E-state index contributed by atoms with van der Waals surface area (Å²) in [6, 6.07) is 0. The first-order valence-corrected chi connectivity index (χ1v) is 2.93. The van der Waals surface area contributed by atoms with Gasteiger partial charge in [-0.15, -0.1) is 0 Å². The Labute approximate surface area is 45.6 Å². The molecule has 0 saturated carbocycles. The Morgan fingerprint density at radius 2 is 2.71 bits per heavy atom. The van der Waals surface area contributed by atoms with Crippen LogP contribution in [0, 0.1) is 5.41 Å². The summed E-state index contributed by atoms with van der Waals surface area (Å²) < 4.78 is 0. The minimum atomic E-state index is -0.488. The Morgan fingerprint density at radius 1 is 2.00 bits per heavy atom. The first-order chi connectivity index (χ1) is 3.29. The third-order valence-corrected chi connectivity index (χ3v) is 1.57. The van der Waals surface area contributed by atoms with Crippen LogP contribution < -0.4 is 5.32 Å². The summed E-state index contributed by atoms with van der Waals surface area (Å²) in [5.74, 6) is 0.610. The van der Waals surface area contributed by atoms with Gasteiger partial charge < -0.3 is 10.4 Å². The van der Waals surface area contributed by atoms with Gasteiger partial charge in [0.25, 0.3) is 0 Å². The van der Waals surface area contributed by atoms with E-state index in [1.165, 1.54) is 11.8 Å². The van der Waals surface area contributed by atoms with Crippen LogP contribution in [0.5, 0.6) is 0 Å². The third-order valence-electron chi connectivity index (χ3n) is 0.683. The van der Waals surface area contributed by atoms with E-state index in [0.29, 0.717) is 10.9 Å². The molecule has 1 aliphatic rings. The summed E-state index contributed by atoms with van der Waals surface area (Å²) in [5.41, 5.74) is 0. The van der Waals surface area contributed by atoms with Gasteiger partial charge in [-0.25, -0.2) is 0 Å². The Bertz CT molecular complexity index is 94.9. The van der Waals surface area contributed by atoms with Crippen LogP contribution in [0.3, 0.4) is 0 Å². The first kappa shape index (κ1) is 4.93. The number of nitrogens with one attached hydrogen (secondary N) is 2. The zero-order valence-electron chi connectivity index (χ0n) is 3.64. The fourth-order valence-electron chi connectivity index (χ4n) is 0.397. The molecule has 0 aromatic rings. The van der Waals surface area contributed by atoms with Crippen LogP contribution in [0.25, 0.3) is 0 Å². The molecule has 1 heterocycles. The summed E-state index contributed by atoms with van der Waals surface area (Å²) in [6.07, 6.45) is -0.488. The van der Waals surface area contributed by atoms with Gasteiger partial charge in [-0.1, -0.05) is 11.8 Å². The fourth-order valence-corrected chi connectivity index (χ4v) is 1.02. The monoisotopic (exact) mass is 118 g/mol. The van der Waals surface area contributed by atoms with Gasteiger partial charge in [-0.2, -0.15) is 0 Å². The van der Waals surface area contributed by atoms with E-state index >= 15 is 0 Å². The van der Waals surface area contributed by atoms with Crippen molar-refractivity contribution in [3.63, 3.8) is 0 Å². The van der Waals surface area contributed by atoms with E-state index in [-0.39, 0.29) is 0 Å². The number of amidine groups is 1. The van der Waals surface area contributed by atoms with Crippen molar-refractivity contribution in [1.82, 2.24) is 5.32 Å². The molecule has 3 nitrogen and oxygen atoms in total. The summed E-state index contributed by atoms with van der Waals surface area (Å²) >= 11 is 1.33. The molecule has 1 aliphatic heterocycles. The zero-order chi connectivity index (χ0) is 5.28. The average molecular weight is 118 g/mol. The van der Waals surface area contributed by atoms with Crippen molar-refractivity contribution in [2.45, 2.75) is 6.23 Å². The van der Waals surface area contributed by atoms with Crippen LogP contribution in [0.15, 0.2) is 0 Å². The summed E-state index contributed by atoms with van der Waals surface area (Å²) in [6.45, 7) is 0. The van der Waals surface area contributed by atoms with Crippen molar-refractivity contribution in [2.75, 3.05) is 5.75 Å². The number of thioether (sulfide) groups is 1. The molecule has 0 aromatic carbocycles. The summed E-state index contributed by atoms with van der Waals surface area (Å²) in [5, 5.41) is 18.4. The topological polar surface area (TPSA) is 56.1 Å². The van der Waals surface area contributed by atoms with E-state index < -0.39 is 6.23 Å². The quantitative estimate of drug-likeness (QED) is 0.405. The normalized spacial score (nSPS) is 30.4. The van der Waals surface area contributed by atoms with Gasteiger partial charge >= 0.3 is 0 Å². The molecular weight excluding hydrogens is 112 g/mol. The van der Waals surface area contributed by atoms with Crippen molar-refractivity contribution >= 4 is 16.9 Å². The lowest BCUT2D eigenvalue weighted by atomic mass is 10.7. The molecule has 0 radical (unpaired) electrons. The van der Waals surface area contributed by atoms with E-state index in [4.69, 9.17) is 10.5 Å². The van der Waals surface area contributed by atoms with Gasteiger partial charge in [0.05, 0.1) is 0 Å². The minimum absolute atomic E-state index is 0.368. The van der Waals surface area contributed by atoms with Crippen molar-refractivity contribution in [1.29, 1.82) is 5.41 Å². The summed E-state index contributed by atoms with van der Waals surface area (Å²) in [4.78, 5) is 0. The smallest absolute Gasteiger partial charge is 0.155 e. The van der Waals surface area contributed by atoms with Gasteiger partial charge in [0.15, 0.2) is 5.17 Å². The molecular formula is C3H6N2OS. The highest BCUT2D eigenvalue weighted by atomic mass is 32.2. The highest BCUT2D eigenvalue weighted by molar-refractivity contribution is 8.14. The molecule has 40 valence electrons. The second-order valence-corrected chi connectivity index (χ2v) is 2.33. The van der Waals surface area contributed by atoms with E-state index in [1.54, 1.807) is 0 Å². The molecule has 0 aliphatic carbocycles. The van der Waals surface area contributed by atoms with Gasteiger partial charge in [0.2, 0.25) is 0 Å². The minimum Gasteiger partial charge on any atom is -0.373 e. The van der Waals surface area contributed by atoms with Crippen LogP contribution in [-0.4, -0.2) is 22.3 Å². The van der Waals surface area contributed by atoms with E-state index in [1.807, 2.05) is 0 Å². The average Bonchev–Trinajstić information content (AvgIpc) is 1.87. The summed E-state index contributed by atoms with van der Waals surface area (Å²) in [7, 11) is 0. The molecule has 0 spiro atoms. The molecule has 0 amide bonds. The lowest BCUT2D eigenvalue weighted by Gasteiger charge is -1.95. The van der Waals surface area contributed by atoms with Gasteiger partial charge in [-0.3, -0.25) is 5.41 Å². The molecule has 1 saturated heterocycles. The van der Waals surface area contributed by atoms with Gasteiger partial charge in [-0.05, 0) is 0 Å². The fraction of sp³-hybridized carbons (Fsp3) is 0.667. The lowest BCUT2D eigenvalue weighted by molar-refractivity contribution is 0.190. The second kappa shape index (κ2) is 1.71. The Kier molecular flexibility index (Phi) is 1.21. The van der Waals surface area contributed by atoms with Crippen molar-refractivity contribution in [3.05, 3.63) is 0 Å². The van der Waals surface area contributed by atoms with Gasteiger partial charge in [0, 0.05) is 5.75 Å². The van der Waals surface area contributed by atoms with Crippen LogP contribution in [-0.2, 0) is 0 Å². The molecule has 1 atom stereocenters. The number of hydrogen-bond acceptors (Lipinski definition) is 3. The Balaban J connectivity index is 2.40. The standard InChI is InChI=1S/C3H6N2OS/c4-3-5-2(6)1-7-3/h2,6H,1H2,(H2,4,5). The van der Waals surface area contributed by atoms with Crippen LogP contribution in [0.2, 0.25) is 0 Å². The van der Waals surface area contributed by atoms with E-state index in [9.17, 15) is 0 Å². The van der Waals surface area contributed by atoms with E-state index in [2.05, 4.69) is 5.32 Å². The number of aliphatic hydroxyl groups excluding tert-OH is 1.